The molecule has 41 heavy (non-hydrogen) atoms. The lowest BCUT2D eigenvalue weighted by Crippen LogP contribution is -2.52. The van der Waals surface area contributed by atoms with Crippen molar-refractivity contribution in [2.45, 2.75) is 43.4 Å². The summed E-state index contributed by atoms with van der Waals surface area (Å²) in [6, 6.07) is 20.4. The molecule has 2 bridgehead atoms. The molecule has 2 aliphatic heterocycles. The summed E-state index contributed by atoms with van der Waals surface area (Å²) in [7, 11) is -4.07. The van der Waals surface area contributed by atoms with Gasteiger partial charge in [-0.1, -0.05) is 66.2 Å². The highest BCUT2D eigenvalue weighted by atomic mass is 35.5. The van der Waals surface area contributed by atoms with E-state index in [2.05, 4.69) is 5.32 Å². The third kappa shape index (κ3) is 6.32. The van der Waals surface area contributed by atoms with Gasteiger partial charge in [-0.25, -0.2) is 8.42 Å². The first kappa shape index (κ1) is 28.9. The second-order valence-corrected chi connectivity index (χ2v) is 12.4. The number of nitrogens with one attached hydrogen (secondary N) is 1. The smallest absolute Gasteiger partial charge is 0.264 e. The quantitative estimate of drug-likeness (QED) is 0.417. The number of hydrogen-bond donors (Lipinski definition) is 1. The van der Waals surface area contributed by atoms with Crippen LogP contribution < -0.4 is 9.62 Å². The Balaban J connectivity index is 1.49. The molecule has 2 unspecified atom stereocenters. The van der Waals surface area contributed by atoms with Crippen molar-refractivity contribution in [2.75, 3.05) is 24.0 Å². The minimum Gasteiger partial charge on any atom is -0.368 e. The molecule has 0 aliphatic carbocycles. The molecule has 0 aromatic heterocycles. The average Bonchev–Trinajstić information content (AvgIpc) is 2.98. The lowest BCUT2D eigenvalue weighted by Gasteiger charge is -2.38. The molecule has 0 fully saturated rings. The van der Waals surface area contributed by atoms with Crippen LogP contribution in [0.2, 0.25) is 5.02 Å². The standard InChI is InChI=1S/C31H32ClN3O5S/c1-22-31(37)34-21-25-11-4-3-10-23(25)18-26(34)20-33-30(36)24-12-9-13-27(19-24)41(38,39)35(16-7-2-8-17-40-22)29-15-6-5-14-28(29)32/h2-7,9-15,19,22,26H,8,16-18,20-21H2,1H3,(H,33,36)/b7-2+. The third-order valence-corrected chi connectivity index (χ3v) is 9.48. The number of carbonyl (C=O) groups is 2. The predicted octanol–water partition coefficient (Wildman–Crippen LogP) is 4.58. The van der Waals surface area contributed by atoms with E-state index in [4.69, 9.17) is 16.3 Å². The Labute approximate surface area is 245 Å². The molecule has 1 N–H and O–H groups in total. The summed E-state index contributed by atoms with van der Waals surface area (Å²) in [6.07, 6.45) is 3.95. The summed E-state index contributed by atoms with van der Waals surface area (Å²) in [5, 5.41) is 3.21. The molecule has 2 aliphatic rings. The second kappa shape index (κ2) is 12.5. The number of sulfonamides is 1. The largest absolute Gasteiger partial charge is 0.368 e. The van der Waals surface area contributed by atoms with Gasteiger partial charge in [-0.15, -0.1) is 0 Å². The van der Waals surface area contributed by atoms with Gasteiger partial charge in [0.15, 0.2) is 0 Å². The van der Waals surface area contributed by atoms with Gasteiger partial charge in [0, 0.05) is 18.7 Å². The Morgan fingerprint density at radius 3 is 2.51 bits per heavy atom. The first-order chi connectivity index (χ1) is 19.8. The fourth-order valence-electron chi connectivity index (χ4n) is 5.15. The highest BCUT2D eigenvalue weighted by molar-refractivity contribution is 7.92. The highest BCUT2D eigenvalue weighted by Gasteiger charge is 2.33. The zero-order valence-corrected chi connectivity index (χ0v) is 24.3. The monoisotopic (exact) mass is 593 g/mol. The summed E-state index contributed by atoms with van der Waals surface area (Å²) < 4.78 is 34.8. The Morgan fingerprint density at radius 2 is 1.71 bits per heavy atom. The predicted molar refractivity (Wildman–Crippen MR) is 158 cm³/mol. The summed E-state index contributed by atoms with van der Waals surface area (Å²) in [5.74, 6) is -0.565. The van der Waals surface area contributed by atoms with E-state index in [1.165, 1.54) is 16.4 Å². The number of fused-ring (bicyclic) bond motifs is 4. The molecule has 3 aromatic carbocycles. The van der Waals surface area contributed by atoms with Crippen LogP contribution in [0.25, 0.3) is 0 Å². The van der Waals surface area contributed by atoms with E-state index in [1.54, 1.807) is 54.3 Å². The molecule has 0 saturated carbocycles. The molecule has 2 atom stereocenters. The molecule has 214 valence electrons. The van der Waals surface area contributed by atoms with Crippen molar-refractivity contribution < 1.29 is 22.7 Å². The molecule has 8 nitrogen and oxygen atoms in total. The fourth-order valence-corrected chi connectivity index (χ4v) is 6.92. The zero-order chi connectivity index (χ0) is 29.0. The van der Waals surface area contributed by atoms with Crippen molar-refractivity contribution in [3.05, 3.63) is 107 Å². The molecule has 2 heterocycles. The van der Waals surface area contributed by atoms with Crippen molar-refractivity contribution in [1.29, 1.82) is 0 Å². The van der Waals surface area contributed by atoms with E-state index in [9.17, 15) is 18.0 Å². The van der Waals surface area contributed by atoms with Gasteiger partial charge < -0.3 is 15.0 Å². The number of nitrogens with zero attached hydrogens (tertiary/aromatic N) is 2. The first-order valence-corrected chi connectivity index (χ1v) is 15.4. The number of ether oxygens (including phenoxy) is 1. The van der Waals surface area contributed by atoms with E-state index >= 15 is 0 Å². The van der Waals surface area contributed by atoms with Crippen molar-refractivity contribution >= 4 is 39.1 Å². The van der Waals surface area contributed by atoms with E-state index in [1.807, 2.05) is 30.3 Å². The van der Waals surface area contributed by atoms with Crippen LogP contribution in [0.5, 0.6) is 0 Å². The molecule has 3 aromatic rings. The van der Waals surface area contributed by atoms with Crippen molar-refractivity contribution in [1.82, 2.24) is 10.2 Å². The van der Waals surface area contributed by atoms with Crippen LogP contribution in [0.1, 0.15) is 34.8 Å². The van der Waals surface area contributed by atoms with Crippen molar-refractivity contribution in [3.8, 4) is 0 Å². The average molecular weight is 594 g/mol. The minimum absolute atomic E-state index is 0.0197. The maximum atomic E-state index is 13.9. The summed E-state index contributed by atoms with van der Waals surface area (Å²) in [4.78, 5) is 28.5. The molecular formula is C31H32ClN3O5S. The van der Waals surface area contributed by atoms with Crippen LogP contribution in [0.3, 0.4) is 0 Å². The van der Waals surface area contributed by atoms with Gasteiger partial charge in [0.1, 0.15) is 6.10 Å². The Bertz CT molecular complexity index is 1580. The van der Waals surface area contributed by atoms with Crippen LogP contribution in [-0.2, 0) is 32.5 Å². The van der Waals surface area contributed by atoms with E-state index in [0.29, 0.717) is 25.1 Å². The number of rotatable bonds is 1. The summed E-state index contributed by atoms with van der Waals surface area (Å²) in [6.45, 7) is 2.67. The van der Waals surface area contributed by atoms with Gasteiger partial charge in [-0.3, -0.25) is 13.9 Å². The van der Waals surface area contributed by atoms with Crippen molar-refractivity contribution in [3.63, 3.8) is 0 Å². The molecule has 0 spiro atoms. The fraction of sp³-hybridized carbons (Fsp3) is 0.290. The van der Waals surface area contributed by atoms with Gasteiger partial charge in [-0.2, -0.15) is 0 Å². The van der Waals surface area contributed by atoms with Crippen LogP contribution in [0, 0.1) is 0 Å². The van der Waals surface area contributed by atoms with Crippen LogP contribution in [0.4, 0.5) is 5.69 Å². The Hall–Kier alpha value is -3.66. The number of carbonyl (C=O) groups excluding carboxylic acids is 2. The molecule has 0 saturated heterocycles. The van der Waals surface area contributed by atoms with E-state index < -0.39 is 22.0 Å². The molecule has 5 rings (SSSR count). The van der Waals surface area contributed by atoms with Crippen LogP contribution in [0.15, 0.2) is 89.8 Å². The zero-order valence-electron chi connectivity index (χ0n) is 22.7. The lowest BCUT2D eigenvalue weighted by molar-refractivity contribution is -0.146. The van der Waals surface area contributed by atoms with Crippen LogP contribution in [-0.4, -0.2) is 57.0 Å². The molecular weight excluding hydrogens is 562 g/mol. The van der Waals surface area contributed by atoms with Gasteiger partial charge in [-0.05, 0) is 61.2 Å². The first-order valence-electron chi connectivity index (χ1n) is 13.5. The summed E-state index contributed by atoms with van der Waals surface area (Å²) in [5.41, 5.74) is 2.73. The Morgan fingerprint density at radius 1 is 0.951 bits per heavy atom. The van der Waals surface area contributed by atoms with Crippen LogP contribution >= 0.6 is 11.6 Å². The number of halogens is 1. The maximum Gasteiger partial charge on any atom is 0.264 e. The van der Waals surface area contributed by atoms with Gasteiger partial charge in [0.2, 0.25) is 0 Å². The second-order valence-electron chi connectivity index (χ2n) is 10.1. The topological polar surface area (TPSA) is 96.0 Å². The number of benzene rings is 3. The maximum absolute atomic E-state index is 13.9. The SMILES string of the molecule is CC1OCC/C=C/CN(c2ccccc2Cl)S(=O)(=O)c2cccc(c2)C(=O)NCC2Cc3ccccc3CN2C1=O. The normalized spacial score (nSPS) is 22.5. The lowest BCUT2D eigenvalue weighted by atomic mass is 9.93. The molecule has 10 heteroatoms. The van der Waals surface area contributed by atoms with E-state index in [-0.39, 0.29) is 47.1 Å². The van der Waals surface area contributed by atoms with Gasteiger partial charge in [0.05, 0.1) is 34.8 Å². The van der Waals surface area contributed by atoms with Crippen molar-refractivity contribution in [2.24, 2.45) is 0 Å². The molecule has 2 amide bonds. The number of hydrogen-bond acceptors (Lipinski definition) is 5. The highest BCUT2D eigenvalue weighted by Crippen LogP contribution is 2.31. The summed E-state index contributed by atoms with van der Waals surface area (Å²) >= 11 is 6.41. The van der Waals surface area contributed by atoms with Gasteiger partial charge >= 0.3 is 0 Å². The molecule has 0 radical (unpaired) electrons. The third-order valence-electron chi connectivity index (χ3n) is 7.38. The van der Waals surface area contributed by atoms with Gasteiger partial charge in [0.25, 0.3) is 21.8 Å². The minimum atomic E-state index is -4.07. The Kier molecular flexibility index (Phi) is 8.77. The number of para-hydroxylation sites is 1. The van der Waals surface area contributed by atoms with E-state index in [0.717, 1.165) is 11.1 Å². The number of anilines is 1. The number of amides is 2.